The van der Waals surface area contributed by atoms with Crippen LogP contribution >= 0.6 is 0 Å². The van der Waals surface area contributed by atoms with Crippen LogP contribution in [-0.2, 0) is 10.1 Å². The molecule has 0 heterocycles. The maximum absolute atomic E-state index is 13.7. The third-order valence-electron chi connectivity index (χ3n) is 2.46. The Bertz CT molecular complexity index is 846. The van der Waals surface area contributed by atoms with Crippen LogP contribution in [0.15, 0.2) is 11.0 Å². The monoisotopic (exact) mass is 316 g/mol. The molecule has 1 N–H and O–H groups in total. The highest BCUT2D eigenvalue weighted by atomic mass is 32.2. The van der Waals surface area contributed by atoms with Crippen molar-refractivity contribution < 1.29 is 39.3 Å². The molecule has 3 nitrogen and oxygen atoms in total. The Hall–Kier alpha value is -1.81. The van der Waals surface area contributed by atoms with Gasteiger partial charge in [-0.2, -0.15) is 8.42 Å². The number of benzene rings is 2. The topological polar surface area (TPSA) is 54.4 Å². The summed E-state index contributed by atoms with van der Waals surface area (Å²) in [6.45, 7) is 0. The molecule has 0 saturated carbocycles. The Labute approximate surface area is 107 Å². The molecule has 0 unspecified atom stereocenters. The average molecular weight is 316 g/mol. The first-order chi connectivity index (χ1) is 9.07. The summed E-state index contributed by atoms with van der Waals surface area (Å²) >= 11 is 0. The average Bonchev–Trinajstić information content (AvgIpc) is 2.29. The predicted octanol–water partition coefficient (Wildman–Crippen LogP) is 2.92. The lowest BCUT2D eigenvalue weighted by Crippen LogP contribution is -2.10. The second kappa shape index (κ2) is 4.35. The Morgan fingerprint density at radius 1 is 0.750 bits per heavy atom. The Kier molecular flexibility index (Phi) is 3.17. The first-order valence-corrected chi connectivity index (χ1v) is 6.12. The van der Waals surface area contributed by atoms with E-state index in [1.165, 1.54) is 0 Å². The molecular formula is C10H2F6O3S. The van der Waals surface area contributed by atoms with Crippen molar-refractivity contribution >= 4 is 20.9 Å². The molecule has 108 valence electrons. The van der Waals surface area contributed by atoms with Gasteiger partial charge in [0.15, 0.2) is 34.0 Å². The van der Waals surface area contributed by atoms with E-state index in [2.05, 4.69) is 0 Å². The van der Waals surface area contributed by atoms with Gasteiger partial charge >= 0.3 is 10.1 Å². The fraction of sp³-hybridized carbons (Fsp3) is 0. The zero-order valence-electron chi connectivity index (χ0n) is 9.02. The zero-order valence-corrected chi connectivity index (χ0v) is 9.83. The van der Waals surface area contributed by atoms with Crippen molar-refractivity contribution in [2.45, 2.75) is 4.90 Å². The van der Waals surface area contributed by atoms with Crippen LogP contribution in [0.1, 0.15) is 0 Å². The van der Waals surface area contributed by atoms with Crippen LogP contribution in [0.25, 0.3) is 10.8 Å². The number of halogens is 6. The number of hydrogen-bond donors (Lipinski definition) is 1. The van der Waals surface area contributed by atoms with Crippen molar-refractivity contribution in [3.8, 4) is 0 Å². The summed E-state index contributed by atoms with van der Waals surface area (Å²) in [5.41, 5.74) is 0. The summed E-state index contributed by atoms with van der Waals surface area (Å²) in [5, 5.41) is -3.36. The highest BCUT2D eigenvalue weighted by Crippen LogP contribution is 2.34. The zero-order chi connectivity index (χ0) is 15.4. The quantitative estimate of drug-likeness (QED) is 0.500. The molecule has 0 saturated heterocycles. The van der Waals surface area contributed by atoms with E-state index in [1.54, 1.807) is 0 Å². The minimum absolute atomic E-state index is 0.160. The summed E-state index contributed by atoms with van der Waals surface area (Å²) in [6, 6.07) is -0.160. The SMILES string of the molecule is O=S(=O)(O)c1c(F)c(F)c2c(F)cc(F)c(F)c2c1F. The summed E-state index contributed by atoms with van der Waals surface area (Å²) in [7, 11) is -5.62. The van der Waals surface area contributed by atoms with E-state index in [0.717, 1.165) is 0 Å². The molecule has 20 heavy (non-hydrogen) atoms. The molecule has 10 heteroatoms. The number of rotatable bonds is 1. The Morgan fingerprint density at radius 2 is 1.30 bits per heavy atom. The molecule has 0 aliphatic heterocycles. The van der Waals surface area contributed by atoms with Crippen molar-refractivity contribution in [2.24, 2.45) is 0 Å². The smallest absolute Gasteiger partial charge is 0.282 e. The summed E-state index contributed by atoms with van der Waals surface area (Å²) in [6.07, 6.45) is 0. The lowest BCUT2D eigenvalue weighted by molar-refractivity contribution is 0.433. The molecule has 2 aromatic rings. The van der Waals surface area contributed by atoms with Crippen molar-refractivity contribution in [1.29, 1.82) is 0 Å². The second-order valence-electron chi connectivity index (χ2n) is 3.65. The molecule has 0 aliphatic rings. The summed E-state index contributed by atoms with van der Waals surface area (Å²) < 4.78 is 110. The molecule has 0 fully saturated rings. The number of fused-ring (bicyclic) bond motifs is 1. The predicted molar refractivity (Wildman–Crippen MR) is 53.5 cm³/mol. The maximum atomic E-state index is 13.7. The first-order valence-electron chi connectivity index (χ1n) is 4.68. The molecule has 0 amide bonds. The van der Waals surface area contributed by atoms with Gasteiger partial charge in [0, 0.05) is 6.07 Å². The summed E-state index contributed by atoms with van der Waals surface area (Å²) in [5.74, 6) is -13.0. The largest absolute Gasteiger partial charge is 0.300 e. The molecule has 0 atom stereocenters. The van der Waals surface area contributed by atoms with Gasteiger partial charge in [-0.05, 0) is 0 Å². The highest BCUT2D eigenvalue weighted by molar-refractivity contribution is 7.85. The fourth-order valence-corrected chi connectivity index (χ4v) is 2.31. The lowest BCUT2D eigenvalue weighted by Gasteiger charge is -2.09. The molecule has 0 aliphatic carbocycles. The normalized spacial score (nSPS) is 12.2. The van der Waals surface area contributed by atoms with Gasteiger partial charge < -0.3 is 0 Å². The van der Waals surface area contributed by atoms with Gasteiger partial charge in [-0.15, -0.1) is 0 Å². The van der Waals surface area contributed by atoms with Crippen LogP contribution in [0.5, 0.6) is 0 Å². The van der Waals surface area contributed by atoms with E-state index in [-0.39, 0.29) is 6.07 Å². The third-order valence-corrected chi connectivity index (χ3v) is 3.33. The molecule has 0 radical (unpaired) electrons. The van der Waals surface area contributed by atoms with E-state index < -0.39 is 60.7 Å². The molecule has 0 bridgehead atoms. The van der Waals surface area contributed by atoms with Crippen LogP contribution < -0.4 is 0 Å². The summed E-state index contributed by atoms with van der Waals surface area (Å²) in [4.78, 5) is -2.23. The van der Waals surface area contributed by atoms with Gasteiger partial charge in [-0.3, -0.25) is 4.55 Å². The van der Waals surface area contributed by atoms with Gasteiger partial charge in [0.1, 0.15) is 5.82 Å². The number of hydrogen-bond acceptors (Lipinski definition) is 2. The highest BCUT2D eigenvalue weighted by Gasteiger charge is 2.32. The van der Waals surface area contributed by atoms with E-state index in [4.69, 9.17) is 4.55 Å². The van der Waals surface area contributed by atoms with Crippen molar-refractivity contribution in [3.05, 3.63) is 41.0 Å². The third kappa shape index (κ3) is 1.91. The van der Waals surface area contributed by atoms with E-state index >= 15 is 0 Å². The minimum atomic E-state index is -5.62. The molecule has 0 spiro atoms. The minimum Gasteiger partial charge on any atom is -0.282 e. The standard InChI is InChI=1S/C10H2F6O3S/c11-2-1-3(12)6(13)5-4(2)7(14)9(16)10(8(5)15)20(17,18)19/h1H,(H,17,18,19). The molecular weight excluding hydrogens is 314 g/mol. The lowest BCUT2D eigenvalue weighted by atomic mass is 10.1. The van der Waals surface area contributed by atoms with Gasteiger partial charge in [-0.1, -0.05) is 0 Å². The Morgan fingerprint density at radius 3 is 1.80 bits per heavy atom. The van der Waals surface area contributed by atoms with Gasteiger partial charge in [0.2, 0.25) is 0 Å². The Balaban J connectivity index is 3.23. The van der Waals surface area contributed by atoms with Crippen molar-refractivity contribution in [2.75, 3.05) is 0 Å². The van der Waals surface area contributed by atoms with Gasteiger partial charge in [0.25, 0.3) is 0 Å². The molecule has 0 aromatic heterocycles. The van der Waals surface area contributed by atoms with Crippen molar-refractivity contribution in [3.63, 3.8) is 0 Å². The molecule has 2 aromatic carbocycles. The van der Waals surface area contributed by atoms with Crippen LogP contribution in [0, 0.1) is 34.9 Å². The first kappa shape index (κ1) is 14.6. The van der Waals surface area contributed by atoms with Crippen LogP contribution in [-0.4, -0.2) is 13.0 Å². The van der Waals surface area contributed by atoms with E-state index in [1.807, 2.05) is 0 Å². The van der Waals surface area contributed by atoms with Crippen LogP contribution in [0.3, 0.4) is 0 Å². The fourth-order valence-electron chi connectivity index (χ4n) is 1.66. The van der Waals surface area contributed by atoms with E-state index in [0.29, 0.717) is 0 Å². The van der Waals surface area contributed by atoms with Gasteiger partial charge in [-0.25, -0.2) is 26.3 Å². The second-order valence-corrected chi connectivity index (χ2v) is 5.01. The molecule has 2 rings (SSSR count). The van der Waals surface area contributed by atoms with Crippen LogP contribution in [0.4, 0.5) is 26.3 Å². The van der Waals surface area contributed by atoms with E-state index in [9.17, 15) is 34.8 Å². The van der Waals surface area contributed by atoms with Crippen molar-refractivity contribution in [1.82, 2.24) is 0 Å². The van der Waals surface area contributed by atoms with Gasteiger partial charge in [0.05, 0.1) is 10.8 Å². The maximum Gasteiger partial charge on any atom is 0.300 e. The van der Waals surface area contributed by atoms with Crippen LogP contribution in [0.2, 0.25) is 0 Å².